The number of aliphatic hydroxyl groups is 1. The van der Waals surface area contributed by atoms with Crippen molar-refractivity contribution in [2.24, 2.45) is 0 Å². The maximum atomic E-state index is 12.2. The summed E-state index contributed by atoms with van der Waals surface area (Å²) in [5, 5.41) is 20.3. The summed E-state index contributed by atoms with van der Waals surface area (Å²) in [5.41, 5.74) is 0.615. The zero-order chi connectivity index (χ0) is 15.3. The van der Waals surface area contributed by atoms with Crippen molar-refractivity contribution >= 4 is 5.91 Å². The Hall–Kier alpha value is -2.21. The second-order valence-corrected chi connectivity index (χ2v) is 5.20. The van der Waals surface area contributed by atoms with Gasteiger partial charge in [0, 0.05) is 12.1 Å². The Balaban J connectivity index is 2.12. The number of rotatable bonds is 6. The maximum absolute atomic E-state index is 12.2. The molecule has 0 saturated carbocycles. The largest absolute Gasteiger partial charge is 0.396 e. The molecule has 0 radical (unpaired) electrons. The van der Waals surface area contributed by atoms with Crippen LogP contribution in [0, 0.1) is 0 Å². The third-order valence-corrected chi connectivity index (χ3v) is 3.57. The van der Waals surface area contributed by atoms with E-state index in [0.29, 0.717) is 6.42 Å². The molecule has 1 heterocycles. The van der Waals surface area contributed by atoms with Crippen molar-refractivity contribution in [3.05, 3.63) is 42.2 Å². The van der Waals surface area contributed by atoms with Crippen molar-refractivity contribution in [2.45, 2.75) is 32.2 Å². The van der Waals surface area contributed by atoms with Crippen molar-refractivity contribution in [3.8, 4) is 5.69 Å². The quantitative estimate of drug-likeness (QED) is 0.845. The fourth-order valence-electron chi connectivity index (χ4n) is 1.97. The number of nitrogens with one attached hydrogen (secondary N) is 1. The normalized spacial score (nSPS) is 13.7. The zero-order valence-corrected chi connectivity index (χ0v) is 12.3. The van der Waals surface area contributed by atoms with Crippen LogP contribution in [0.2, 0.25) is 0 Å². The third kappa shape index (κ3) is 3.66. The number of aromatic nitrogens is 3. The summed E-state index contributed by atoms with van der Waals surface area (Å²) in [6.45, 7) is 3.90. The van der Waals surface area contributed by atoms with Gasteiger partial charge in [-0.3, -0.25) is 4.79 Å². The van der Waals surface area contributed by atoms with Gasteiger partial charge in [-0.1, -0.05) is 25.1 Å². The lowest BCUT2D eigenvalue weighted by atomic mass is 9.95. The van der Waals surface area contributed by atoms with Gasteiger partial charge in [-0.05, 0) is 31.9 Å². The number of amides is 1. The molecule has 0 bridgehead atoms. The Labute approximate surface area is 123 Å². The van der Waals surface area contributed by atoms with Crippen molar-refractivity contribution in [1.29, 1.82) is 0 Å². The first kappa shape index (κ1) is 15.2. The SMILES string of the molecule is CCC(C)(CCO)NC(=O)c1cnn(-c2ccccc2)n1. The molecule has 6 nitrogen and oxygen atoms in total. The van der Waals surface area contributed by atoms with Crippen LogP contribution in [0.4, 0.5) is 0 Å². The Kier molecular flexibility index (Phi) is 4.70. The van der Waals surface area contributed by atoms with E-state index in [1.807, 2.05) is 44.2 Å². The molecule has 1 atom stereocenters. The Morgan fingerprint density at radius 3 is 2.71 bits per heavy atom. The van der Waals surface area contributed by atoms with Gasteiger partial charge in [0.1, 0.15) is 0 Å². The Morgan fingerprint density at radius 2 is 2.10 bits per heavy atom. The lowest BCUT2D eigenvalue weighted by molar-refractivity contribution is 0.0880. The fraction of sp³-hybridized carbons (Fsp3) is 0.400. The van der Waals surface area contributed by atoms with E-state index >= 15 is 0 Å². The van der Waals surface area contributed by atoms with Crippen LogP contribution in [0.1, 0.15) is 37.2 Å². The van der Waals surface area contributed by atoms with Crippen LogP contribution in [0.3, 0.4) is 0 Å². The smallest absolute Gasteiger partial charge is 0.273 e. The van der Waals surface area contributed by atoms with E-state index in [-0.39, 0.29) is 18.2 Å². The van der Waals surface area contributed by atoms with Crippen LogP contribution in [-0.4, -0.2) is 38.2 Å². The van der Waals surface area contributed by atoms with Crippen LogP contribution < -0.4 is 5.32 Å². The second-order valence-electron chi connectivity index (χ2n) is 5.20. The predicted molar refractivity (Wildman–Crippen MR) is 79.2 cm³/mol. The first-order valence-electron chi connectivity index (χ1n) is 6.99. The molecule has 1 aromatic heterocycles. The van der Waals surface area contributed by atoms with E-state index in [1.54, 1.807) is 0 Å². The summed E-state index contributed by atoms with van der Waals surface area (Å²) in [5.74, 6) is -0.282. The number of hydrogen-bond acceptors (Lipinski definition) is 4. The number of aliphatic hydroxyl groups excluding tert-OH is 1. The van der Waals surface area contributed by atoms with Gasteiger partial charge in [0.2, 0.25) is 0 Å². The Morgan fingerprint density at radius 1 is 1.38 bits per heavy atom. The van der Waals surface area contributed by atoms with Crippen LogP contribution in [0.5, 0.6) is 0 Å². The molecule has 0 spiro atoms. The van der Waals surface area contributed by atoms with E-state index in [9.17, 15) is 4.79 Å². The molecule has 2 N–H and O–H groups in total. The number of carbonyl (C=O) groups excluding carboxylic acids is 1. The van der Waals surface area contributed by atoms with Gasteiger partial charge in [-0.25, -0.2) is 0 Å². The predicted octanol–water partition coefficient (Wildman–Crippen LogP) is 1.55. The Bertz CT molecular complexity index is 597. The summed E-state index contributed by atoms with van der Waals surface area (Å²) < 4.78 is 0. The molecule has 1 amide bonds. The lowest BCUT2D eigenvalue weighted by Crippen LogP contribution is -2.46. The van der Waals surface area contributed by atoms with E-state index in [4.69, 9.17) is 5.11 Å². The van der Waals surface area contributed by atoms with Crippen molar-refractivity contribution in [3.63, 3.8) is 0 Å². The zero-order valence-electron chi connectivity index (χ0n) is 12.3. The van der Waals surface area contributed by atoms with E-state index in [1.165, 1.54) is 11.0 Å². The van der Waals surface area contributed by atoms with Crippen LogP contribution in [-0.2, 0) is 0 Å². The summed E-state index contributed by atoms with van der Waals surface area (Å²) >= 11 is 0. The molecule has 0 aliphatic carbocycles. The lowest BCUT2D eigenvalue weighted by Gasteiger charge is -2.28. The maximum Gasteiger partial charge on any atom is 0.273 e. The van der Waals surface area contributed by atoms with Gasteiger partial charge in [0.05, 0.1) is 11.9 Å². The number of benzene rings is 1. The topological polar surface area (TPSA) is 80.0 Å². The highest BCUT2D eigenvalue weighted by Gasteiger charge is 2.25. The van der Waals surface area contributed by atoms with E-state index in [2.05, 4.69) is 15.5 Å². The molecule has 112 valence electrons. The number of hydrogen-bond donors (Lipinski definition) is 2. The molecule has 0 saturated heterocycles. The highest BCUT2D eigenvalue weighted by Crippen LogP contribution is 2.14. The molecule has 21 heavy (non-hydrogen) atoms. The molecule has 6 heteroatoms. The summed E-state index contributed by atoms with van der Waals surface area (Å²) in [6, 6.07) is 9.40. The molecular weight excluding hydrogens is 268 g/mol. The summed E-state index contributed by atoms with van der Waals surface area (Å²) in [7, 11) is 0. The van der Waals surface area contributed by atoms with Gasteiger partial charge < -0.3 is 10.4 Å². The second kappa shape index (κ2) is 6.49. The van der Waals surface area contributed by atoms with E-state index in [0.717, 1.165) is 12.1 Å². The molecule has 0 aliphatic heterocycles. The number of para-hydroxylation sites is 1. The van der Waals surface area contributed by atoms with Crippen molar-refractivity contribution < 1.29 is 9.90 Å². The molecular formula is C15H20N4O2. The van der Waals surface area contributed by atoms with Gasteiger partial charge in [-0.15, -0.1) is 5.10 Å². The average Bonchev–Trinajstić information content (AvgIpc) is 2.98. The fourth-order valence-corrected chi connectivity index (χ4v) is 1.97. The molecule has 1 unspecified atom stereocenters. The average molecular weight is 288 g/mol. The van der Waals surface area contributed by atoms with E-state index < -0.39 is 5.54 Å². The summed E-state index contributed by atoms with van der Waals surface area (Å²) in [6.07, 6.45) is 2.67. The first-order valence-corrected chi connectivity index (χ1v) is 6.99. The van der Waals surface area contributed by atoms with Crippen molar-refractivity contribution in [1.82, 2.24) is 20.3 Å². The minimum Gasteiger partial charge on any atom is -0.396 e. The monoisotopic (exact) mass is 288 g/mol. The number of nitrogens with zero attached hydrogens (tertiary/aromatic N) is 3. The minimum atomic E-state index is -0.442. The highest BCUT2D eigenvalue weighted by molar-refractivity contribution is 5.92. The third-order valence-electron chi connectivity index (χ3n) is 3.57. The molecule has 2 rings (SSSR count). The van der Waals surface area contributed by atoms with Crippen molar-refractivity contribution in [2.75, 3.05) is 6.61 Å². The van der Waals surface area contributed by atoms with Crippen LogP contribution in [0.15, 0.2) is 36.5 Å². The molecule has 1 aromatic carbocycles. The minimum absolute atomic E-state index is 0.0291. The van der Waals surface area contributed by atoms with Gasteiger partial charge in [0.25, 0.3) is 5.91 Å². The highest BCUT2D eigenvalue weighted by atomic mass is 16.3. The molecule has 0 fully saturated rings. The van der Waals surface area contributed by atoms with Gasteiger partial charge in [-0.2, -0.15) is 9.90 Å². The van der Waals surface area contributed by atoms with Crippen LogP contribution in [0.25, 0.3) is 5.69 Å². The number of carbonyl (C=O) groups is 1. The van der Waals surface area contributed by atoms with Crippen LogP contribution >= 0.6 is 0 Å². The molecule has 2 aromatic rings. The summed E-state index contributed by atoms with van der Waals surface area (Å²) in [4.78, 5) is 13.7. The first-order chi connectivity index (χ1) is 10.1. The standard InChI is InChI=1S/C15H20N4O2/c1-3-15(2,9-10-20)17-14(21)13-11-16-19(18-13)12-7-5-4-6-8-12/h4-8,11,20H,3,9-10H2,1-2H3,(H,17,21). The molecule has 0 aliphatic rings. The van der Waals surface area contributed by atoms with Gasteiger partial charge in [0.15, 0.2) is 5.69 Å². The van der Waals surface area contributed by atoms with Gasteiger partial charge >= 0.3 is 0 Å².